The van der Waals surface area contributed by atoms with Gasteiger partial charge in [-0.2, -0.15) is 0 Å². The molecule has 0 bridgehead atoms. The van der Waals surface area contributed by atoms with Gasteiger partial charge < -0.3 is 26.0 Å². The summed E-state index contributed by atoms with van der Waals surface area (Å²) in [6.07, 6.45) is 0.725. The maximum Gasteiger partial charge on any atom is 0.319 e. The summed E-state index contributed by atoms with van der Waals surface area (Å²) in [6, 6.07) is 10.5. The second kappa shape index (κ2) is 8.29. The average Bonchev–Trinajstić information content (AvgIpc) is 3.11. The summed E-state index contributed by atoms with van der Waals surface area (Å²) in [5, 5.41) is 17.9. The highest BCUT2D eigenvalue weighted by molar-refractivity contribution is 5.98. The highest BCUT2D eigenvalue weighted by atomic mass is 16.3. The first-order chi connectivity index (χ1) is 14.8. The Morgan fingerprint density at radius 2 is 1.81 bits per heavy atom. The molecule has 2 fully saturated rings. The lowest BCUT2D eigenvalue weighted by molar-refractivity contribution is -0.147. The van der Waals surface area contributed by atoms with E-state index >= 15 is 0 Å². The number of urea groups is 1. The molecule has 4 N–H and O–H groups in total. The van der Waals surface area contributed by atoms with Crippen molar-refractivity contribution >= 4 is 23.5 Å². The lowest BCUT2D eigenvalue weighted by atomic mass is 10.0. The van der Waals surface area contributed by atoms with Crippen molar-refractivity contribution in [1.29, 1.82) is 0 Å². The van der Waals surface area contributed by atoms with Crippen LogP contribution in [0.5, 0.6) is 5.75 Å². The molecule has 8 nitrogen and oxygen atoms in total. The number of aryl methyl sites for hydroxylation is 2. The Bertz CT molecular complexity index is 1000. The Hall–Kier alpha value is -3.55. The minimum Gasteiger partial charge on any atom is -0.508 e. The topological polar surface area (TPSA) is 111 Å². The van der Waals surface area contributed by atoms with Crippen LogP contribution in [0.4, 0.5) is 10.5 Å². The molecule has 2 heterocycles. The van der Waals surface area contributed by atoms with Crippen molar-refractivity contribution in [2.75, 3.05) is 11.9 Å². The van der Waals surface area contributed by atoms with E-state index in [0.29, 0.717) is 25.1 Å². The molecule has 0 unspecified atom stereocenters. The summed E-state index contributed by atoms with van der Waals surface area (Å²) in [6.45, 7) is 4.22. The first kappa shape index (κ1) is 20.7. The normalized spacial score (nSPS) is 22.6. The molecule has 3 atom stereocenters. The molecule has 0 aromatic heterocycles. The molecule has 2 aliphatic rings. The molecular weight excluding hydrogens is 396 g/mol. The number of nitrogens with one attached hydrogen (secondary N) is 3. The maximum absolute atomic E-state index is 13.0. The van der Waals surface area contributed by atoms with E-state index in [2.05, 4.69) is 16.0 Å². The van der Waals surface area contributed by atoms with E-state index in [1.807, 2.05) is 32.0 Å². The third-order valence-electron chi connectivity index (χ3n) is 5.69. The Morgan fingerprint density at radius 3 is 2.48 bits per heavy atom. The molecule has 0 spiro atoms. The molecule has 2 aliphatic heterocycles. The lowest BCUT2D eigenvalue weighted by Gasteiger charge is -2.34. The van der Waals surface area contributed by atoms with Crippen LogP contribution in [0.25, 0.3) is 0 Å². The molecule has 0 radical (unpaired) electrons. The Labute approximate surface area is 180 Å². The van der Waals surface area contributed by atoms with Crippen molar-refractivity contribution in [3.63, 3.8) is 0 Å². The van der Waals surface area contributed by atoms with Gasteiger partial charge in [-0.15, -0.1) is 0 Å². The van der Waals surface area contributed by atoms with Crippen LogP contribution >= 0.6 is 0 Å². The quantitative estimate of drug-likeness (QED) is 0.603. The largest absolute Gasteiger partial charge is 0.508 e. The summed E-state index contributed by atoms with van der Waals surface area (Å²) in [5.41, 5.74) is 3.65. The van der Waals surface area contributed by atoms with Gasteiger partial charge in [0.1, 0.15) is 17.8 Å². The minimum atomic E-state index is -0.656. The van der Waals surface area contributed by atoms with Gasteiger partial charge in [0.2, 0.25) is 11.8 Å². The van der Waals surface area contributed by atoms with Gasteiger partial charge in [-0.05, 0) is 61.2 Å². The third-order valence-corrected chi connectivity index (χ3v) is 5.69. The van der Waals surface area contributed by atoms with Gasteiger partial charge in [-0.3, -0.25) is 9.59 Å². The predicted octanol–water partition coefficient (Wildman–Crippen LogP) is 1.84. The van der Waals surface area contributed by atoms with Crippen molar-refractivity contribution in [1.82, 2.24) is 15.5 Å². The first-order valence-electron chi connectivity index (χ1n) is 10.3. The van der Waals surface area contributed by atoms with Crippen molar-refractivity contribution in [3.05, 3.63) is 59.2 Å². The van der Waals surface area contributed by atoms with Gasteiger partial charge >= 0.3 is 6.03 Å². The second-order valence-corrected chi connectivity index (χ2v) is 8.35. The van der Waals surface area contributed by atoms with Crippen LogP contribution in [-0.2, 0) is 16.0 Å². The molecule has 0 saturated carbocycles. The van der Waals surface area contributed by atoms with Crippen LogP contribution < -0.4 is 16.0 Å². The number of phenolic OH excluding ortho intramolecular Hbond substituents is 1. The fraction of sp³-hybridized carbons (Fsp3) is 0.348. The van der Waals surface area contributed by atoms with Crippen LogP contribution in [0.3, 0.4) is 0 Å². The summed E-state index contributed by atoms with van der Waals surface area (Å²) in [7, 11) is 0. The van der Waals surface area contributed by atoms with Crippen LogP contribution in [-0.4, -0.2) is 52.5 Å². The molecule has 0 aliphatic carbocycles. The Balaban J connectivity index is 1.38. The van der Waals surface area contributed by atoms with Gasteiger partial charge in [0, 0.05) is 18.7 Å². The van der Waals surface area contributed by atoms with E-state index in [9.17, 15) is 19.5 Å². The number of carbonyl (C=O) groups excluding carboxylic acids is 3. The number of rotatable bonds is 4. The standard InChI is InChI=1S/C23H26N4O4/c1-13-7-14(2)9-16(8-13)24-23(31)25-17-11-20-21(29)26-19(22(30)27(20)12-17)10-15-3-5-18(28)6-4-15/h3-9,17,19-20,28H,10-12H2,1-2H3,(H,26,29)(H2,24,25,31)/t17-,19+,20-/m0/s1. The second-order valence-electron chi connectivity index (χ2n) is 8.35. The maximum atomic E-state index is 13.0. The van der Waals surface area contributed by atoms with Crippen molar-refractivity contribution < 1.29 is 19.5 Å². The van der Waals surface area contributed by atoms with E-state index in [4.69, 9.17) is 0 Å². The van der Waals surface area contributed by atoms with Gasteiger partial charge in [0.05, 0.1) is 6.04 Å². The molecule has 4 amide bonds. The molecule has 8 heteroatoms. The number of hydrogen-bond acceptors (Lipinski definition) is 4. The highest BCUT2D eigenvalue weighted by Gasteiger charge is 2.46. The monoisotopic (exact) mass is 422 g/mol. The zero-order valence-electron chi connectivity index (χ0n) is 17.5. The number of nitrogens with zero attached hydrogens (tertiary/aromatic N) is 1. The van der Waals surface area contributed by atoms with E-state index < -0.39 is 12.1 Å². The van der Waals surface area contributed by atoms with Crippen LogP contribution in [0.15, 0.2) is 42.5 Å². The zero-order chi connectivity index (χ0) is 22.1. The first-order valence-corrected chi connectivity index (χ1v) is 10.3. The number of piperazine rings is 1. The number of anilines is 1. The number of benzene rings is 2. The van der Waals surface area contributed by atoms with Gasteiger partial charge in [0.15, 0.2) is 0 Å². The summed E-state index contributed by atoms with van der Waals surface area (Å²) < 4.78 is 0. The van der Waals surface area contributed by atoms with Gasteiger partial charge in [-0.1, -0.05) is 18.2 Å². The molecule has 2 aromatic rings. The van der Waals surface area contributed by atoms with Crippen LogP contribution in [0.1, 0.15) is 23.1 Å². The van der Waals surface area contributed by atoms with E-state index in [1.54, 1.807) is 29.2 Å². The van der Waals surface area contributed by atoms with E-state index in [0.717, 1.165) is 16.7 Å². The number of phenols is 1. The van der Waals surface area contributed by atoms with Crippen molar-refractivity contribution in [2.45, 2.75) is 44.8 Å². The average molecular weight is 422 g/mol. The fourth-order valence-electron chi connectivity index (χ4n) is 4.37. The summed E-state index contributed by atoms with van der Waals surface area (Å²) in [4.78, 5) is 39.6. The zero-order valence-corrected chi connectivity index (χ0v) is 17.5. The molecule has 2 saturated heterocycles. The number of amides is 4. The molecular formula is C23H26N4O4. The smallest absolute Gasteiger partial charge is 0.319 e. The number of carbonyl (C=O) groups is 3. The van der Waals surface area contributed by atoms with Gasteiger partial charge in [0.25, 0.3) is 0 Å². The van der Waals surface area contributed by atoms with E-state index in [1.165, 1.54) is 0 Å². The minimum absolute atomic E-state index is 0.148. The molecule has 2 aromatic carbocycles. The molecule has 31 heavy (non-hydrogen) atoms. The Morgan fingerprint density at radius 1 is 1.13 bits per heavy atom. The fourth-order valence-corrected chi connectivity index (χ4v) is 4.37. The predicted molar refractivity (Wildman–Crippen MR) is 116 cm³/mol. The van der Waals surface area contributed by atoms with Crippen LogP contribution in [0.2, 0.25) is 0 Å². The molecule has 4 rings (SSSR count). The van der Waals surface area contributed by atoms with Crippen molar-refractivity contribution in [2.24, 2.45) is 0 Å². The number of hydrogen-bond donors (Lipinski definition) is 4. The van der Waals surface area contributed by atoms with E-state index in [-0.39, 0.29) is 29.6 Å². The number of aromatic hydroxyl groups is 1. The van der Waals surface area contributed by atoms with Gasteiger partial charge in [-0.25, -0.2) is 4.79 Å². The van der Waals surface area contributed by atoms with Crippen LogP contribution in [0, 0.1) is 13.8 Å². The molecule has 162 valence electrons. The lowest BCUT2D eigenvalue weighted by Crippen LogP contribution is -2.61. The number of fused-ring (bicyclic) bond motifs is 1. The Kier molecular flexibility index (Phi) is 5.54. The SMILES string of the molecule is Cc1cc(C)cc(NC(=O)N[C@H]2C[C@H]3C(=O)N[C@H](Cc4ccc(O)cc4)C(=O)N3C2)c1. The van der Waals surface area contributed by atoms with Crippen molar-refractivity contribution in [3.8, 4) is 5.75 Å². The third kappa shape index (κ3) is 4.63. The summed E-state index contributed by atoms with van der Waals surface area (Å²) >= 11 is 0. The highest BCUT2D eigenvalue weighted by Crippen LogP contribution is 2.24. The summed E-state index contributed by atoms with van der Waals surface area (Å²) in [5.74, 6) is -0.213.